The van der Waals surface area contributed by atoms with Crippen molar-refractivity contribution in [2.45, 2.75) is 160 Å². The van der Waals surface area contributed by atoms with Crippen molar-refractivity contribution in [2.75, 3.05) is 13.2 Å². The van der Waals surface area contributed by atoms with E-state index in [2.05, 4.69) is 38.2 Å². The Hall–Kier alpha value is -0.814. The van der Waals surface area contributed by atoms with E-state index in [4.69, 9.17) is 9.47 Å². The summed E-state index contributed by atoms with van der Waals surface area (Å²) in [5.41, 5.74) is -0.791. The Morgan fingerprint density at radius 2 is 0.979 bits per heavy atom. The largest absolute Gasteiger partial charge is 1.00 e. The quantitative estimate of drug-likeness (QED) is 0.0278. The third kappa shape index (κ3) is 24.1. The van der Waals surface area contributed by atoms with Crippen molar-refractivity contribution in [3.63, 3.8) is 0 Å². The zero-order valence-electron chi connectivity index (χ0n) is 29.8. The molecule has 0 bridgehead atoms. The fraction of sp³-hybridized carbons (Fsp3) is 0.684. The molecule has 1 aromatic rings. The first kappa shape index (κ1) is 46.2. The Kier molecular flexibility index (Phi) is 30.6. The number of ether oxygens (including phenoxy) is 2. The molecule has 0 aliphatic heterocycles. The second-order valence-electron chi connectivity index (χ2n) is 12.2. The summed E-state index contributed by atoms with van der Waals surface area (Å²) in [5, 5.41) is 0. The molecule has 0 saturated heterocycles. The Morgan fingerprint density at radius 1 is 0.596 bits per heavy atom. The van der Waals surface area contributed by atoms with Crippen LogP contribution in [0.3, 0.4) is 0 Å². The molecule has 0 amide bonds. The number of unbranched alkanes of at least 4 members (excludes halogenated alkanes) is 18. The van der Waals surface area contributed by atoms with Gasteiger partial charge in [0.15, 0.2) is 0 Å². The van der Waals surface area contributed by atoms with E-state index in [1.165, 1.54) is 76.3 Å². The van der Waals surface area contributed by atoms with Gasteiger partial charge in [-0.1, -0.05) is 134 Å². The molecule has 1 aromatic carbocycles. The van der Waals surface area contributed by atoms with Crippen LogP contribution in [0.5, 0.6) is 0 Å². The number of rotatable bonds is 29. The molecule has 0 fully saturated rings. The fourth-order valence-electron chi connectivity index (χ4n) is 5.25. The summed E-state index contributed by atoms with van der Waals surface area (Å²) >= 11 is 0. The van der Waals surface area contributed by atoms with Crippen molar-refractivity contribution in [1.29, 1.82) is 0 Å². The first-order chi connectivity index (χ1) is 22.3. The molecule has 0 N–H and O–H groups in total. The molecule has 0 aromatic heterocycles. The van der Waals surface area contributed by atoms with Crippen LogP contribution in [-0.2, 0) is 19.6 Å². The van der Waals surface area contributed by atoms with Gasteiger partial charge < -0.3 is 14.0 Å². The third-order valence-corrected chi connectivity index (χ3v) is 8.84. The van der Waals surface area contributed by atoms with Crippen molar-refractivity contribution >= 4 is 22.1 Å². The van der Waals surface area contributed by atoms with Crippen molar-refractivity contribution in [3.8, 4) is 0 Å². The minimum atomic E-state index is -5.01. The number of carbonyl (C=O) groups excluding carboxylic acids is 2. The van der Waals surface area contributed by atoms with Crippen LogP contribution in [0.4, 0.5) is 0 Å². The van der Waals surface area contributed by atoms with E-state index in [0.717, 1.165) is 70.3 Å². The molecule has 0 saturated carbocycles. The first-order valence-corrected chi connectivity index (χ1v) is 19.5. The van der Waals surface area contributed by atoms with Gasteiger partial charge in [0.1, 0.15) is 10.1 Å². The summed E-state index contributed by atoms with van der Waals surface area (Å²) in [6.45, 7) is 4.61. The van der Waals surface area contributed by atoms with Crippen molar-refractivity contribution in [1.82, 2.24) is 0 Å². The molecular weight excluding hydrogens is 640 g/mol. The van der Waals surface area contributed by atoms with Gasteiger partial charge in [-0.3, -0.25) is 0 Å². The van der Waals surface area contributed by atoms with E-state index in [1.807, 2.05) is 0 Å². The molecule has 1 rings (SSSR count). The average molecular weight is 701 g/mol. The summed E-state index contributed by atoms with van der Waals surface area (Å²) in [6, 6.07) is 3.60. The minimum Gasteiger partial charge on any atom is -0.744 e. The molecule has 0 aliphatic carbocycles. The summed E-state index contributed by atoms with van der Waals surface area (Å²) in [6.07, 6.45) is 33.3. The van der Waals surface area contributed by atoms with Crippen LogP contribution in [0.15, 0.2) is 47.4 Å². The molecule has 7 nitrogen and oxygen atoms in total. The van der Waals surface area contributed by atoms with Crippen molar-refractivity contribution in [2.24, 2.45) is 0 Å². The molecular formula is C38H61KO7S. The number of hydrogen-bond acceptors (Lipinski definition) is 7. The topological polar surface area (TPSA) is 110 Å². The van der Waals surface area contributed by atoms with E-state index >= 15 is 0 Å². The summed E-state index contributed by atoms with van der Waals surface area (Å²) in [7, 11) is -5.01. The zero-order valence-corrected chi connectivity index (χ0v) is 33.7. The standard InChI is InChI=1S/C38H62O7S.K/c1-3-5-7-9-11-13-15-17-19-21-23-25-27-32-44-37(39)34-30-29-31-35(46(41,42)43)36(34)38(40)45-33-28-26-24-22-20-18-16-14-12-10-8-6-4-2;/h7-10,29-31H,3-6,11-28,32-33H2,1-2H3,(H,41,42,43);/q;+1/p-1/b9-7+,10-8+;. The van der Waals surface area contributed by atoms with Gasteiger partial charge >= 0.3 is 63.3 Å². The van der Waals surface area contributed by atoms with Crippen LogP contribution in [0.1, 0.15) is 176 Å². The van der Waals surface area contributed by atoms with Gasteiger partial charge in [0, 0.05) is 0 Å². The summed E-state index contributed by atoms with van der Waals surface area (Å²) in [4.78, 5) is 25.0. The molecule has 0 atom stereocenters. The Bertz CT molecular complexity index is 1120. The van der Waals surface area contributed by atoms with Gasteiger partial charge in [-0.05, 0) is 63.5 Å². The Balaban J connectivity index is 0.0000212. The maximum Gasteiger partial charge on any atom is 1.00 e. The van der Waals surface area contributed by atoms with Crippen LogP contribution in [0, 0.1) is 0 Å². The maximum atomic E-state index is 12.9. The van der Waals surface area contributed by atoms with Crippen LogP contribution in [0.25, 0.3) is 0 Å². The monoisotopic (exact) mass is 700 g/mol. The SMILES string of the molecule is CCC/C=C/CCCCCCCCCCOC(=O)c1cccc(S(=O)(=O)[O-])c1C(=O)OCCCCCCCCCC/C=C/CCC.[K+]. The Labute approximate surface area is 329 Å². The van der Waals surface area contributed by atoms with Crippen LogP contribution in [-0.4, -0.2) is 38.1 Å². The van der Waals surface area contributed by atoms with Crippen LogP contribution >= 0.6 is 0 Å². The van der Waals surface area contributed by atoms with Crippen molar-refractivity contribution < 1.29 is 83.4 Å². The fourth-order valence-corrected chi connectivity index (χ4v) is 5.94. The van der Waals surface area contributed by atoms with Gasteiger partial charge in [0.05, 0.1) is 29.2 Å². The number of allylic oxidation sites excluding steroid dienone is 4. The predicted octanol–water partition coefficient (Wildman–Crippen LogP) is 7.64. The minimum absolute atomic E-state index is 0. The van der Waals surface area contributed by atoms with Crippen LogP contribution < -0.4 is 51.4 Å². The molecule has 0 heterocycles. The molecule has 47 heavy (non-hydrogen) atoms. The van der Waals surface area contributed by atoms with E-state index in [0.29, 0.717) is 12.8 Å². The van der Waals surface area contributed by atoms with Gasteiger partial charge in [-0.15, -0.1) is 0 Å². The molecule has 262 valence electrons. The predicted molar refractivity (Wildman–Crippen MR) is 186 cm³/mol. The van der Waals surface area contributed by atoms with E-state index < -0.39 is 32.5 Å². The second kappa shape index (κ2) is 31.2. The van der Waals surface area contributed by atoms with Gasteiger partial charge in [-0.2, -0.15) is 0 Å². The van der Waals surface area contributed by atoms with E-state index in [9.17, 15) is 22.6 Å². The zero-order chi connectivity index (χ0) is 33.7. The molecule has 0 unspecified atom stereocenters. The third-order valence-electron chi connectivity index (χ3n) is 7.96. The maximum absolute atomic E-state index is 12.9. The average Bonchev–Trinajstić information content (AvgIpc) is 3.04. The summed E-state index contributed by atoms with van der Waals surface area (Å²) in [5.74, 6) is -1.82. The first-order valence-electron chi connectivity index (χ1n) is 18.1. The second-order valence-corrected chi connectivity index (χ2v) is 13.5. The Morgan fingerprint density at radius 3 is 1.40 bits per heavy atom. The van der Waals surface area contributed by atoms with Gasteiger partial charge in [-0.25, -0.2) is 18.0 Å². The smallest absolute Gasteiger partial charge is 0.744 e. The van der Waals surface area contributed by atoms with Gasteiger partial charge in [0.2, 0.25) is 0 Å². The molecule has 9 heteroatoms. The number of benzene rings is 1. The number of hydrogen-bond donors (Lipinski definition) is 0. The van der Waals surface area contributed by atoms with E-state index in [-0.39, 0.29) is 70.2 Å². The van der Waals surface area contributed by atoms with Crippen LogP contribution in [0.2, 0.25) is 0 Å². The van der Waals surface area contributed by atoms with Crippen molar-refractivity contribution in [3.05, 3.63) is 53.6 Å². The molecule has 0 aliphatic rings. The number of esters is 2. The normalized spacial score (nSPS) is 11.6. The van der Waals surface area contributed by atoms with E-state index in [1.54, 1.807) is 0 Å². The van der Waals surface area contributed by atoms with Gasteiger partial charge in [0.25, 0.3) is 0 Å². The molecule has 0 radical (unpaired) electrons. The summed E-state index contributed by atoms with van der Waals surface area (Å²) < 4.78 is 46.4. The molecule has 0 spiro atoms. The number of carbonyl (C=O) groups is 2.